The molecule has 4 heterocycles. The van der Waals surface area contributed by atoms with Gasteiger partial charge in [-0.2, -0.15) is 0 Å². The molecule has 2 fully saturated rings. The average Bonchev–Trinajstić information content (AvgIpc) is 4.07. The number of nitrogens with one attached hydrogen (secondary N) is 2. The molecule has 2 bridgehead atoms. The summed E-state index contributed by atoms with van der Waals surface area (Å²) >= 11 is 0. The van der Waals surface area contributed by atoms with E-state index in [1.54, 1.807) is 43.0 Å². The van der Waals surface area contributed by atoms with Gasteiger partial charge in [-0.15, -0.1) is 0 Å². The van der Waals surface area contributed by atoms with Gasteiger partial charge >= 0.3 is 18.2 Å². The molecule has 6 aliphatic rings. The number of aliphatic hydroxyl groups excluding tert-OH is 1. The number of nitrogens with zero attached hydrogens (tertiary/aromatic N) is 2. The summed E-state index contributed by atoms with van der Waals surface area (Å²) in [5.74, 6) is -2.62. The SMILES string of the molecule is COc1cc([C@@H]2c3cc4c(cc3[C@@H](OC(=O)N3CCN(CCNC5=C6C[C@@H](C)C[C@H](OC)[C@@H](O)[C@@H](C)/C=C(\C)[C@H](OC(N)=O)[C@@H](OC)/C=C\C=C(/C)C(=O)NC(=CC5=O)C6=O)CC3)[C@H]3COC(=O)[C@H]23)OCO4)cc(OC)c1OC. The lowest BCUT2D eigenvalue weighted by Crippen LogP contribution is -2.51. The van der Waals surface area contributed by atoms with E-state index in [0.717, 1.165) is 6.08 Å². The minimum Gasteiger partial charge on any atom is -0.493 e. The summed E-state index contributed by atoms with van der Waals surface area (Å²) in [6.45, 7) is 9.19. The Kier molecular flexibility index (Phi) is 18.4. The average molecular weight is 1100 g/mol. The Balaban J connectivity index is 0.961. The van der Waals surface area contributed by atoms with Gasteiger partial charge in [-0.1, -0.05) is 38.2 Å². The number of carbonyl (C=O) groups excluding carboxylic acids is 6. The number of amides is 3. The first kappa shape index (κ1) is 57.8. The zero-order chi connectivity index (χ0) is 56.8. The summed E-state index contributed by atoms with van der Waals surface area (Å²) in [5.41, 5.74) is 8.32. The van der Waals surface area contributed by atoms with E-state index in [9.17, 15) is 33.9 Å². The maximum absolute atomic E-state index is 14.4. The van der Waals surface area contributed by atoms with Gasteiger partial charge in [0.1, 0.15) is 12.2 Å². The molecule has 4 aliphatic heterocycles. The number of methoxy groups -OCH3 is 5. The van der Waals surface area contributed by atoms with Crippen LogP contribution in [0.4, 0.5) is 9.59 Å². The Bertz CT molecular complexity index is 2830. The normalized spacial score (nSPS) is 29.3. The van der Waals surface area contributed by atoms with Crippen LogP contribution in [0.25, 0.3) is 0 Å². The van der Waals surface area contributed by atoms with Crippen molar-refractivity contribution in [2.24, 2.45) is 29.4 Å². The highest BCUT2D eigenvalue weighted by atomic mass is 16.7. The van der Waals surface area contributed by atoms with Gasteiger partial charge in [0, 0.05) is 94.0 Å². The fraction of sp³-hybridized carbons (Fsp3) is 0.509. The number of ketones is 2. The van der Waals surface area contributed by atoms with Gasteiger partial charge in [-0.05, 0) is 73.6 Å². The van der Waals surface area contributed by atoms with Crippen molar-refractivity contribution >= 4 is 35.6 Å². The number of esters is 1. The number of fused-ring (bicyclic) bond motifs is 5. The molecule has 2 aromatic rings. The summed E-state index contributed by atoms with van der Waals surface area (Å²) in [4.78, 5) is 85.6. The van der Waals surface area contributed by atoms with E-state index in [1.165, 1.54) is 54.6 Å². The fourth-order valence-corrected chi connectivity index (χ4v) is 11.4. The third-order valence-corrected chi connectivity index (χ3v) is 15.5. The monoisotopic (exact) mass is 1100 g/mol. The first-order chi connectivity index (χ1) is 37.9. The summed E-state index contributed by atoms with van der Waals surface area (Å²) in [6.07, 6.45) is 1.80. The van der Waals surface area contributed by atoms with Crippen molar-refractivity contribution in [3.05, 3.63) is 99.4 Å². The molecule has 3 amide bonds. The van der Waals surface area contributed by atoms with E-state index in [2.05, 4.69) is 15.5 Å². The highest BCUT2D eigenvalue weighted by Crippen LogP contribution is 2.56. The smallest absolute Gasteiger partial charge is 0.410 e. The number of aliphatic hydroxyl groups is 1. The van der Waals surface area contributed by atoms with Crippen LogP contribution in [0.3, 0.4) is 0 Å². The molecule has 22 heteroatoms. The predicted molar refractivity (Wildman–Crippen MR) is 283 cm³/mol. The number of nitrogens with two attached hydrogens (primary N) is 1. The molecule has 10 atom stereocenters. The van der Waals surface area contributed by atoms with Crippen molar-refractivity contribution in [1.29, 1.82) is 0 Å². The molecule has 426 valence electrons. The molecule has 2 saturated heterocycles. The number of rotatable bonds is 12. The molecule has 0 saturated carbocycles. The largest absolute Gasteiger partial charge is 0.493 e. The van der Waals surface area contributed by atoms with Crippen LogP contribution in [0.2, 0.25) is 0 Å². The van der Waals surface area contributed by atoms with Gasteiger partial charge in [0.05, 0.1) is 57.5 Å². The predicted octanol–water partition coefficient (Wildman–Crippen LogP) is 4.54. The number of hydrogen-bond acceptors (Lipinski definition) is 19. The van der Waals surface area contributed by atoms with E-state index in [-0.39, 0.29) is 61.2 Å². The summed E-state index contributed by atoms with van der Waals surface area (Å²) in [7, 11) is 7.45. The standard InChI is InChI=1S/C57H71N5O17/c1-29-19-36-48(39(63)26-38(50(36)65)60-54(66)30(2)11-10-12-40(70-5)51(78-56(58)68)32(4)21-31(3)49(64)43(20-29)71-6)59-13-14-61-15-17-62(18-16-61)57(69)79-52-35-25-42-41(76-28-77-42)24-34(35)46(47-37(52)27-75-55(47)67)33-22-44(72-7)53(74-9)45(23-33)73-8/h10-12,21-26,29,31,37,40,43,46-47,49,51-52,59,64H,13-20,27-28H2,1-9H3,(H2,58,68)(H,60,66)/b12-10-,30-11+,32-21+/t29-,31+,37+,40+,43+,46-,47+,49+,51+,52-/m1/s1. The lowest BCUT2D eigenvalue weighted by atomic mass is 9.66. The van der Waals surface area contributed by atoms with Crippen LogP contribution >= 0.6 is 0 Å². The Hall–Kier alpha value is -7.40. The molecule has 2 aliphatic carbocycles. The van der Waals surface area contributed by atoms with Crippen molar-refractivity contribution in [1.82, 2.24) is 20.4 Å². The molecule has 0 radical (unpaired) electrons. The van der Waals surface area contributed by atoms with E-state index in [1.807, 2.05) is 19.1 Å². The second kappa shape index (κ2) is 25.2. The number of hydrogen-bond donors (Lipinski definition) is 4. The maximum Gasteiger partial charge on any atom is 0.410 e. The Morgan fingerprint density at radius 2 is 1.54 bits per heavy atom. The third kappa shape index (κ3) is 12.4. The molecular formula is C57H71N5O17. The van der Waals surface area contributed by atoms with Crippen molar-refractivity contribution in [2.75, 3.05) is 88.2 Å². The molecule has 0 aromatic heterocycles. The van der Waals surface area contributed by atoms with E-state index < -0.39 is 89.8 Å². The molecule has 8 rings (SSSR count). The van der Waals surface area contributed by atoms with Gasteiger partial charge in [0.2, 0.25) is 24.1 Å². The molecule has 0 unspecified atom stereocenters. The third-order valence-electron chi connectivity index (χ3n) is 15.5. The number of benzene rings is 2. The summed E-state index contributed by atoms with van der Waals surface area (Å²) in [6, 6.07) is 7.25. The Labute approximate surface area is 458 Å². The Morgan fingerprint density at radius 3 is 2.18 bits per heavy atom. The number of ether oxygens (including phenoxy) is 10. The van der Waals surface area contributed by atoms with E-state index in [4.69, 9.17) is 53.1 Å². The summed E-state index contributed by atoms with van der Waals surface area (Å²) < 4.78 is 57.6. The Morgan fingerprint density at radius 1 is 0.861 bits per heavy atom. The molecule has 0 spiro atoms. The van der Waals surface area contributed by atoms with Crippen LogP contribution in [0.15, 0.2) is 82.8 Å². The van der Waals surface area contributed by atoms with E-state index in [0.29, 0.717) is 83.7 Å². The van der Waals surface area contributed by atoms with Crippen molar-refractivity contribution in [2.45, 2.75) is 77.0 Å². The van der Waals surface area contributed by atoms with Crippen LogP contribution in [0.1, 0.15) is 69.2 Å². The number of piperazine rings is 1. The highest BCUT2D eigenvalue weighted by Gasteiger charge is 2.54. The van der Waals surface area contributed by atoms with Crippen LogP contribution in [-0.2, 0) is 42.9 Å². The number of primary amides is 1. The highest BCUT2D eigenvalue weighted by molar-refractivity contribution is 6.23. The first-order valence-corrected chi connectivity index (χ1v) is 26.3. The fourth-order valence-electron chi connectivity index (χ4n) is 11.4. The van der Waals surface area contributed by atoms with Crippen LogP contribution in [0.5, 0.6) is 28.7 Å². The minimum atomic E-state index is -1.04. The summed E-state index contributed by atoms with van der Waals surface area (Å²) in [5, 5.41) is 17.5. The van der Waals surface area contributed by atoms with Crippen LogP contribution in [-0.4, -0.2) is 163 Å². The molecule has 5 N–H and O–H groups in total. The lowest BCUT2D eigenvalue weighted by molar-refractivity contribution is -0.141. The molecule has 2 aromatic carbocycles. The van der Waals surface area contributed by atoms with Crippen LogP contribution in [0, 0.1) is 23.7 Å². The second-order valence-corrected chi connectivity index (χ2v) is 20.6. The lowest BCUT2D eigenvalue weighted by Gasteiger charge is -2.40. The van der Waals surface area contributed by atoms with Crippen molar-refractivity contribution < 1.29 is 81.2 Å². The van der Waals surface area contributed by atoms with Crippen molar-refractivity contribution in [3.63, 3.8) is 0 Å². The van der Waals surface area contributed by atoms with Crippen molar-refractivity contribution in [3.8, 4) is 28.7 Å². The second-order valence-electron chi connectivity index (χ2n) is 20.6. The van der Waals surface area contributed by atoms with Gasteiger partial charge < -0.3 is 73.7 Å². The first-order valence-electron chi connectivity index (χ1n) is 26.3. The topological polar surface area (TPSA) is 272 Å². The number of Topliss-reactive ketones (excluding diaryl/α,β-unsaturated/α-hetero) is 1. The number of cyclic esters (lactones) is 1. The number of allylic oxidation sites excluding steroid dienone is 4. The quantitative estimate of drug-likeness (QED) is 0.0983. The maximum atomic E-state index is 14.4. The van der Waals surface area contributed by atoms with Crippen LogP contribution < -0.4 is 40.1 Å². The molecular weight excluding hydrogens is 1030 g/mol. The van der Waals surface area contributed by atoms with E-state index >= 15 is 0 Å². The number of carbonyl (C=O) groups is 6. The zero-order valence-electron chi connectivity index (χ0n) is 46.0. The molecule has 79 heavy (non-hydrogen) atoms. The molecule has 22 nitrogen and oxygen atoms in total. The minimum absolute atomic E-state index is 0.00340. The van der Waals surface area contributed by atoms with Gasteiger partial charge in [0.25, 0.3) is 5.91 Å². The van der Waals surface area contributed by atoms with Gasteiger partial charge in [-0.25, -0.2) is 9.59 Å². The zero-order valence-corrected chi connectivity index (χ0v) is 46.0. The van der Waals surface area contributed by atoms with Gasteiger partial charge in [0.15, 0.2) is 29.1 Å². The van der Waals surface area contributed by atoms with Gasteiger partial charge in [-0.3, -0.25) is 24.1 Å².